The zero-order valence-electron chi connectivity index (χ0n) is 13.8. The topological polar surface area (TPSA) is 73.6 Å². The van der Waals surface area contributed by atoms with Crippen LogP contribution in [0.5, 0.6) is 0 Å². The Morgan fingerprint density at radius 1 is 1.36 bits per heavy atom. The van der Waals surface area contributed by atoms with Crippen molar-refractivity contribution in [1.29, 1.82) is 0 Å². The maximum absolute atomic E-state index is 12.2. The van der Waals surface area contributed by atoms with Crippen molar-refractivity contribution >= 4 is 17.5 Å². The molecule has 0 bridgehead atoms. The molecule has 2 aromatic rings. The van der Waals surface area contributed by atoms with Crippen LogP contribution in [0.25, 0.3) is 0 Å². The fourth-order valence-electron chi connectivity index (χ4n) is 2.74. The number of carbonyl (C=O) groups excluding carboxylic acids is 1. The fraction of sp³-hybridized carbons (Fsp3) is 0.444. The van der Waals surface area contributed by atoms with Crippen molar-refractivity contribution in [2.75, 3.05) is 13.2 Å². The summed E-state index contributed by atoms with van der Waals surface area (Å²) in [6.45, 7) is 1.60. The first-order valence-corrected chi connectivity index (χ1v) is 8.72. The van der Waals surface area contributed by atoms with Gasteiger partial charge in [0.2, 0.25) is 5.91 Å². The van der Waals surface area contributed by atoms with Crippen LogP contribution in [-0.2, 0) is 27.3 Å². The molecule has 0 aliphatic carbocycles. The summed E-state index contributed by atoms with van der Waals surface area (Å²) < 4.78 is 16.5. The summed E-state index contributed by atoms with van der Waals surface area (Å²) in [6, 6.07) is 11.5. The summed E-state index contributed by atoms with van der Waals surface area (Å²) in [5.74, 6) is 0.553. The number of hydrogen-bond donors (Lipinski definition) is 1. The summed E-state index contributed by atoms with van der Waals surface area (Å²) in [4.78, 5) is 12.2. The number of nitrogens with one attached hydrogen (secondary N) is 1. The second-order valence-electron chi connectivity index (χ2n) is 5.99. The monoisotopic (exact) mass is 364 g/mol. The lowest BCUT2D eigenvalue weighted by atomic mass is 10.1. The quantitative estimate of drug-likeness (QED) is 0.817. The highest BCUT2D eigenvalue weighted by Crippen LogP contribution is 2.15. The summed E-state index contributed by atoms with van der Waals surface area (Å²) in [5.41, 5.74) is 1.10. The third-order valence-electron chi connectivity index (χ3n) is 4.09. The number of nitrogens with zero attached hydrogens (tertiary/aromatic N) is 1. The third-order valence-corrected chi connectivity index (χ3v) is 4.26. The van der Waals surface area contributed by atoms with Crippen LogP contribution in [0.1, 0.15) is 24.2 Å². The molecule has 134 valence electrons. The molecule has 3 rings (SSSR count). The fourth-order valence-corrected chi connectivity index (χ4v) is 2.90. The predicted octanol–water partition coefficient (Wildman–Crippen LogP) is 2.75. The lowest BCUT2D eigenvalue weighted by Crippen LogP contribution is -2.50. The lowest BCUT2D eigenvalue weighted by Gasteiger charge is -2.32. The Kier molecular flexibility index (Phi) is 6.44. The van der Waals surface area contributed by atoms with Crippen molar-refractivity contribution in [3.05, 3.63) is 52.9 Å². The van der Waals surface area contributed by atoms with E-state index in [4.69, 9.17) is 25.6 Å². The van der Waals surface area contributed by atoms with E-state index in [0.717, 1.165) is 12.0 Å². The van der Waals surface area contributed by atoms with Crippen LogP contribution in [0, 0.1) is 0 Å². The van der Waals surface area contributed by atoms with E-state index in [2.05, 4.69) is 10.5 Å². The van der Waals surface area contributed by atoms with Gasteiger partial charge in [-0.3, -0.25) is 4.79 Å². The van der Waals surface area contributed by atoms with Crippen LogP contribution in [0.3, 0.4) is 0 Å². The second kappa shape index (κ2) is 8.99. The van der Waals surface area contributed by atoms with Crippen LogP contribution in [0.2, 0.25) is 5.15 Å². The van der Waals surface area contributed by atoms with E-state index in [0.29, 0.717) is 43.6 Å². The van der Waals surface area contributed by atoms with Crippen LogP contribution in [0.15, 0.2) is 40.9 Å². The Balaban J connectivity index is 1.47. The molecule has 1 fully saturated rings. The number of rotatable bonds is 7. The van der Waals surface area contributed by atoms with Crippen molar-refractivity contribution in [2.45, 2.75) is 38.0 Å². The van der Waals surface area contributed by atoms with Crippen LogP contribution < -0.4 is 5.32 Å². The molecule has 25 heavy (non-hydrogen) atoms. The molecule has 1 amide bonds. The van der Waals surface area contributed by atoms with E-state index < -0.39 is 0 Å². The second-order valence-corrected chi connectivity index (χ2v) is 6.38. The number of carbonyl (C=O) groups is 1. The first-order valence-electron chi connectivity index (χ1n) is 8.34. The molecular weight excluding hydrogens is 344 g/mol. The number of aromatic nitrogens is 1. The Hall–Kier alpha value is -1.89. The maximum Gasteiger partial charge on any atom is 0.220 e. The Labute approximate surface area is 151 Å². The molecule has 1 N–H and O–H groups in total. The molecule has 0 radical (unpaired) electrons. The third kappa shape index (κ3) is 5.56. The Morgan fingerprint density at radius 3 is 2.96 bits per heavy atom. The zero-order valence-corrected chi connectivity index (χ0v) is 14.6. The number of hydrogen-bond acceptors (Lipinski definition) is 5. The number of aryl methyl sites for hydroxylation is 1. The molecule has 2 heterocycles. The van der Waals surface area contributed by atoms with Crippen molar-refractivity contribution < 1.29 is 18.8 Å². The van der Waals surface area contributed by atoms with E-state index in [-0.39, 0.29) is 18.1 Å². The van der Waals surface area contributed by atoms with Crippen LogP contribution >= 0.6 is 11.6 Å². The van der Waals surface area contributed by atoms with Gasteiger partial charge in [0.05, 0.1) is 19.3 Å². The largest absolute Gasteiger partial charge is 0.379 e. The summed E-state index contributed by atoms with van der Waals surface area (Å²) in [5, 5.41) is 6.94. The van der Waals surface area contributed by atoms with Crippen molar-refractivity contribution in [1.82, 2.24) is 10.5 Å². The van der Waals surface area contributed by atoms with Gasteiger partial charge in [-0.1, -0.05) is 47.1 Å². The predicted molar refractivity (Wildman–Crippen MR) is 92.2 cm³/mol. The highest BCUT2D eigenvalue weighted by Gasteiger charge is 2.28. The van der Waals surface area contributed by atoms with E-state index in [1.165, 1.54) is 0 Å². The van der Waals surface area contributed by atoms with Gasteiger partial charge in [0.1, 0.15) is 11.9 Å². The van der Waals surface area contributed by atoms with Crippen molar-refractivity contribution in [3.8, 4) is 0 Å². The highest BCUT2D eigenvalue weighted by atomic mass is 35.5. The average molecular weight is 365 g/mol. The van der Waals surface area contributed by atoms with E-state index in [1.54, 1.807) is 6.07 Å². The molecule has 1 aromatic carbocycles. The standard InChI is InChI=1S/C18H21ClN2O4/c19-17-10-14(25-21-17)6-7-18(22)20-15-8-9-23-12-16(15)24-11-13-4-2-1-3-5-13/h1-5,10,15-16H,6-9,11-12H2,(H,20,22). The van der Waals surface area contributed by atoms with Gasteiger partial charge < -0.3 is 19.3 Å². The van der Waals surface area contributed by atoms with Crippen molar-refractivity contribution in [2.24, 2.45) is 0 Å². The lowest BCUT2D eigenvalue weighted by molar-refractivity contribution is -0.126. The number of amides is 1. The zero-order chi connectivity index (χ0) is 17.5. The number of benzene rings is 1. The minimum atomic E-state index is -0.155. The van der Waals surface area contributed by atoms with Crippen LogP contribution in [-0.4, -0.2) is 36.4 Å². The number of ether oxygens (including phenoxy) is 2. The molecule has 7 heteroatoms. The molecule has 6 nitrogen and oxygen atoms in total. The minimum absolute atomic E-state index is 0.0484. The molecule has 0 spiro atoms. The molecule has 1 aromatic heterocycles. The summed E-state index contributed by atoms with van der Waals surface area (Å²) >= 11 is 5.70. The number of halogens is 1. The van der Waals surface area contributed by atoms with Crippen LogP contribution in [0.4, 0.5) is 0 Å². The SMILES string of the molecule is O=C(CCc1cc(Cl)no1)NC1CCOCC1OCc1ccccc1. The first kappa shape index (κ1) is 17.9. The van der Waals surface area contributed by atoms with E-state index >= 15 is 0 Å². The van der Waals surface area contributed by atoms with Gasteiger partial charge in [-0.05, 0) is 12.0 Å². The molecule has 1 saturated heterocycles. The Bertz CT molecular complexity index is 677. The van der Waals surface area contributed by atoms with Gasteiger partial charge in [0, 0.05) is 25.5 Å². The summed E-state index contributed by atoms with van der Waals surface area (Å²) in [7, 11) is 0. The smallest absolute Gasteiger partial charge is 0.220 e. The minimum Gasteiger partial charge on any atom is -0.379 e. The van der Waals surface area contributed by atoms with Gasteiger partial charge in [-0.15, -0.1) is 0 Å². The molecule has 0 saturated carbocycles. The normalized spacial score (nSPS) is 20.4. The summed E-state index contributed by atoms with van der Waals surface area (Å²) in [6.07, 6.45) is 1.36. The molecule has 2 atom stereocenters. The van der Waals surface area contributed by atoms with Gasteiger partial charge >= 0.3 is 0 Å². The van der Waals surface area contributed by atoms with Gasteiger partial charge in [-0.2, -0.15) is 0 Å². The average Bonchev–Trinajstić information content (AvgIpc) is 3.05. The molecule has 1 aliphatic heterocycles. The molecule has 1 aliphatic rings. The van der Waals surface area contributed by atoms with E-state index in [9.17, 15) is 4.79 Å². The first-order chi connectivity index (χ1) is 12.2. The molecular formula is C18H21ClN2O4. The van der Waals surface area contributed by atoms with Crippen molar-refractivity contribution in [3.63, 3.8) is 0 Å². The Morgan fingerprint density at radius 2 is 2.20 bits per heavy atom. The van der Waals surface area contributed by atoms with Gasteiger partial charge in [-0.25, -0.2) is 0 Å². The molecule has 2 unspecified atom stereocenters. The maximum atomic E-state index is 12.2. The van der Waals surface area contributed by atoms with Gasteiger partial charge in [0.25, 0.3) is 0 Å². The highest BCUT2D eigenvalue weighted by molar-refractivity contribution is 6.29. The van der Waals surface area contributed by atoms with Gasteiger partial charge in [0.15, 0.2) is 5.15 Å². The van der Waals surface area contributed by atoms with E-state index in [1.807, 2.05) is 30.3 Å².